The van der Waals surface area contributed by atoms with E-state index in [2.05, 4.69) is 13.8 Å². The zero-order chi connectivity index (χ0) is 7.14. The van der Waals surface area contributed by atoms with Crippen molar-refractivity contribution in [1.29, 1.82) is 0 Å². The fraction of sp³-hybridized carbons (Fsp3) is 1.00. The molecule has 2 nitrogen and oxygen atoms in total. The van der Waals surface area contributed by atoms with Crippen LogP contribution in [0, 0.1) is 5.92 Å². The van der Waals surface area contributed by atoms with Crippen LogP contribution in [0.5, 0.6) is 0 Å². The Balaban J connectivity index is 1.86. The lowest BCUT2D eigenvalue weighted by molar-refractivity contribution is 0.255. The molecule has 0 aromatic rings. The molecule has 2 aliphatic rings. The second-order valence-corrected chi connectivity index (χ2v) is 3.25. The van der Waals surface area contributed by atoms with Crippen LogP contribution < -0.4 is 0 Å². The molecular formula is C8H14O2. The molecular weight excluding hydrogens is 128 g/mol. The average Bonchev–Trinajstić information content (AvgIpc) is 2.73. The standard InChI is InChI=1S/C8H14O2/c1-3-6(7-4-9-7)8-5(2)10-8/h5-8H,3-4H2,1-2H3. The van der Waals surface area contributed by atoms with E-state index in [1.807, 2.05) is 0 Å². The molecule has 0 saturated carbocycles. The first-order chi connectivity index (χ1) is 4.83. The molecule has 0 aromatic heterocycles. The summed E-state index contributed by atoms with van der Waals surface area (Å²) in [5.74, 6) is 0.676. The zero-order valence-corrected chi connectivity index (χ0v) is 6.54. The summed E-state index contributed by atoms with van der Waals surface area (Å²) in [5.41, 5.74) is 0. The highest BCUT2D eigenvalue weighted by atomic mass is 16.6. The second-order valence-electron chi connectivity index (χ2n) is 3.25. The van der Waals surface area contributed by atoms with Crippen LogP contribution in [0.3, 0.4) is 0 Å². The van der Waals surface area contributed by atoms with Gasteiger partial charge < -0.3 is 9.47 Å². The van der Waals surface area contributed by atoms with E-state index in [1.165, 1.54) is 6.42 Å². The molecule has 0 bridgehead atoms. The van der Waals surface area contributed by atoms with Crippen molar-refractivity contribution < 1.29 is 9.47 Å². The Morgan fingerprint density at radius 2 is 2.20 bits per heavy atom. The number of hydrogen-bond donors (Lipinski definition) is 0. The van der Waals surface area contributed by atoms with E-state index in [0.717, 1.165) is 6.61 Å². The lowest BCUT2D eigenvalue weighted by atomic mass is 9.97. The van der Waals surface area contributed by atoms with Gasteiger partial charge in [0, 0.05) is 5.92 Å². The first-order valence-corrected chi connectivity index (χ1v) is 4.10. The lowest BCUT2D eigenvalue weighted by Crippen LogP contribution is -2.15. The average molecular weight is 142 g/mol. The Morgan fingerprint density at radius 1 is 1.60 bits per heavy atom. The first kappa shape index (κ1) is 6.62. The topological polar surface area (TPSA) is 25.1 Å². The largest absolute Gasteiger partial charge is 0.373 e. The van der Waals surface area contributed by atoms with Crippen molar-refractivity contribution in [1.82, 2.24) is 0 Å². The molecule has 0 aromatic carbocycles. The number of rotatable bonds is 3. The molecule has 4 unspecified atom stereocenters. The van der Waals surface area contributed by atoms with Crippen LogP contribution >= 0.6 is 0 Å². The van der Waals surface area contributed by atoms with Gasteiger partial charge in [0.25, 0.3) is 0 Å². The number of epoxide rings is 2. The minimum absolute atomic E-state index is 0.495. The van der Waals surface area contributed by atoms with Crippen LogP contribution in [0.2, 0.25) is 0 Å². The van der Waals surface area contributed by atoms with E-state index < -0.39 is 0 Å². The minimum Gasteiger partial charge on any atom is -0.373 e. The second kappa shape index (κ2) is 2.21. The van der Waals surface area contributed by atoms with Crippen molar-refractivity contribution >= 4 is 0 Å². The van der Waals surface area contributed by atoms with E-state index in [4.69, 9.17) is 9.47 Å². The normalized spacial score (nSPS) is 46.8. The molecule has 0 amide bonds. The van der Waals surface area contributed by atoms with Gasteiger partial charge in [0.05, 0.1) is 24.9 Å². The van der Waals surface area contributed by atoms with Crippen molar-refractivity contribution in [3.63, 3.8) is 0 Å². The third-order valence-electron chi connectivity index (χ3n) is 2.49. The maximum atomic E-state index is 5.39. The van der Waals surface area contributed by atoms with Crippen LogP contribution in [-0.4, -0.2) is 24.9 Å². The molecule has 4 atom stereocenters. The summed E-state index contributed by atoms with van der Waals surface area (Å²) in [5, 5.41) is 0. The smallest absolute Gasteiger partial charge is 0.0892 e. The molecule has 0 spiro atoms. The maximum Gasteiger partial charge on any atom is 0.0892 e. The van der Waals surface area contributed by atoms with Crippen LogP contribution in [0.4, 0.5) is 0 Å². The Kier molecular flexibility index (Phi) is 1.46. The molecule has 58 valence electrons. The van der Waals surface area contributed by atoms with Gasteiger partial charge in [-0.25, -0.2) is 0 Å². The van der Waals surface area contributed by atoms with Gasteiger partial charge in [-0.1, -0.05) is 6.92 Å². The van der Waals surface area contributed by atoms with Gasteiger partial charge in [0.2, 0.25) is 0 Å². The Morgan fingerprint density at radius 3 is 2.50 bits per heavy atom. The first-order valence-electron chi connectivity index (χ1n) is 4.10. The van der Waals surface area contributed by atoms with E-state index >= 15 is 0 Å². The van der Waals surface area contributed by atoms with Crippen molar-refractivity contribution in [2.24, 2.45) is 5.92 Å². The van der Waals surface area contributed by atoms with Crippen LogP contribution in [-0.2, 0) is 9.47 Å². The number of hydrogen-bond acceptors (Lipinski definition) is 2. The fourth-order valence-corrected chi connectivity index (χ4v) is 1.66. The van der Waals surface area contributed by atoms with E-state index in [0.29, 0.717) is 24.2 Å². The highest BCUT2D eigenvalue weighted by molar-refractivity contribution is 4.94. The molecule has 2 aliphatic heterocycles. The molecule has 2 fully saturated rings. The third-order valence-corrected chi connectivity index (χ3v) is 2.49. The van der Waals surface area contributed by atoms with Gasteiger partial charge in [-0.05, 0) is 13.3 Å². The van der Waals surface area contributed by atoms with Crippen LogP contribution in [0.15, 0.2) is 0 Å². The molecule has 0 radical (unpaired) electrons. The summed E-state index contributed by atoms with van der Waals surface area (Å²) in [4.78, 5) is 0. The van der Waals surface area contributed by atoms with Crippen molar-refractivity contribution in [2.45, 2.75) is 38.6 Å². The monoisotopic (exact) mass is 142 g/mol. The molecule has 2 heteroatoms. The van der Waals surface area contributed by atoms with Crippen LogP contribution in [0.25, 0.3) is 0 Å². The highest BCUT2D eigenvalue weighted by Crippen LogP contribution is 2.37. The van der Waals surface area contributed by atoms with Crippen molar-refractivity contribution in [2.75, 3.05) is 6.61 Å². The SMILES string of the molecule is CCC(C1CO1)C1OC1C. The molecule has 2 heterocycles. The fourth-order valence-electron chi connectivity index (χ4n) is 1.66. The maximum absolute atomic E-state index is 5.39. The Bertz CT molecular complexity index is 131. The number of ether oxygens (including phenoxy) is 2. The molecule has 2 saturated heterocycles. The van der Waals surface area contributed by atoms with Gasteiger partial charge in [0.1, 0.15) is 0 Å². The Hall–Kier alpha value is -0.0800. The summed E-state index contributed by atoms with van der Waals surface area (Å²) in [7, 11) is 0. The van der Waals surface area contributed by atoms with Crippen LogP contribution in [0.1, 0.15) is 20.3 Å². The zero-order valence-electron chi connectivity index (χ0n) is 6.54. The summed E-state index contributed by atoms with van der Waals surface area (Å²) in [6.45, 7) is 5.31. The quantitative estimate of drug-likeness (QED) is 0.553. The lowest BCUT2D eigenvalue weighted by Gasteiger charge is -2.06. The molecule has 0 aliphatic carbocycles. The van der Waals surface area contributed by atoms with E-state index in [-0.39, 0.29) is 0 Å². The minimum atomic E-state index is 0.495. The van der Waals surface area contributed by atoms with Gasteiger partial charge in [-0.15, -0.1) is 0 Å². The van der Waals surface area contributed by atoms with Crippen molar-refractivity contribution in [3.05, 3.63) is 0 Å². The molecule has 2 rings (SSSR count). The predicted molar refractivity (Wildman–Crippen MR) is 37.9 cm³/mol. The third kappa shape index (κ3) is 1.06. The Labute approximate surface area is 61.5 Å². The molecule has 10 heavy (non-hydrogen) atoms. The van der Waals surface area contributed by atoms with Gasteiger partial charge in [-0.3, -0.25) is 0 Å². The van der Waals surface area contributed by atoms with E-state index in [1.54, 1.807) is 0 Å². The van der Waals surface area contributed by atoms with E-state index in [9.17, 15) is 0 Å². The summed E-state index contributed by atoms with van der Waals surface area (Å²) < 4.78 is 10.6. The highest BCUT2D eigenvalue weighted by Gasteiger charge is 2.47. The summed E-state index contributed by atoms with van der Waals surface area (Å²) in [6.07, 6.45) is 2.73. The van der Waals surface area contributed by atoms with Gasteiger partial charge in [-0.2, -0.15) is 0 Å². The summed E-state index contributed by atoms with van der Waals surface area (Å²) in [6, 6.07) is 0. The predicted octanol–water partition coefficient (Wildman–Crippen LogP) is 1.20. The van der Waals surface area contributed by atoms with Gasteiger partial charge >= 0.3 is 0 Å². The summed E-state index contributed by atoms with van der Waals surface area (Å²) >= 11 is 0. The van der Waals surface area contributed by atoms with Gasteiger partial charge in [0.15, 0.2) is 0 Å². The molecule has 0 N–H and O–H groups in total. The van der Waals surface area contributed by atoms with Crippen molar-refractivity contribution in [3.8, 4) is 0 Å².